The first-order valence-electron chi connectivity index (χ1n) is 4.14. The van der Waals surface area contributed by atoms with Gasteiger partial charge in [0.05, 0.1) is 6.61 Å². The van der Waals surface area contributed by atoms with Crippen molar-refractivity contribution in [3.05, 3.63) is 35.5 Å². The topological polar surface area (TPSA) is 9.23 Å². The van der Waals surface area contributed by atoms with E-state index >= 15 is 0 Å². The molecule has 1 nitrogen and oxygen atoms in total. The smallest absolute Gasteiger partial charge is 0.101 e. The third-order valence-electron chi connectivity index (χ3n) is 2.63. The summed E-state index contributed by atoms with van der Waals surface area (Å²) >= 11 is 0. The number of ether oxygens (including phenoxy) is 1. The molecule has 0 aromatic carbocycles. The monoisotopic (exact) mass is 146 g/mol. The van der Waals surface area contributed by atoms with Gasteiger partial charge in [0.15, 0.2) is 0 Å². The highest BCUT2D eigenvalue weighted by Crippen LogP contribution is 2.46. The number of hydrogen-bond acceptors (Lipinski definition) is 1. The summed E-state index contributed by atoms with van der Waals surface area (Å²) in [5.41, 5.74) is 3.07. The van der Waals surface area contributed by atoms with Gasteiger partial charge in [0, 0.05) is 5.92 Å². The van der Waals surface area contributed by atoms with E-state index < -0.39 is 0 Å². The highest BCUT2D eigenvalue weighted by Gasteiger charge is 2.38. The molecule has 2 unspecified atom stereocenters. The molecule has 56 valence electrons. The molecule has 0 amide bonds. The molecular weight excluding hydrogens is 136 g/mol. The molecule has 2 aliphatic carbocycles. The van der Waals surface area contributed by atoms with Crippen molar-refractivity contribution in [2.75, 3.05) is 6.61 Å². The minimum Gasteiger partial charge on any atom is -0.369 e. The number of hydrogen-bond donors (Lipinski definition) is 0. The quantitative estimate of drug-likeness (QED) is 0.506. The zero-order chi connectivity index (χ0) is 7.26. The molecular formula is C10H10O. The number of allylic oxidation sites excluding steroid dienone is 2. The molecule has 0 bridgehead atoms. The fraction of sp³-hybridized carbons (Fsp3) is 0.400. The lowest BCUT2D eigenvalue weighted by atomic mass is 10.0. The Hall–Kier alpha value is -0.820. The minimum absolute atomic E-state index is 0.286. The molecule has 1 saturated carbocycles. The Kier molecular flexibility index (Phi) is 0.977. The van der Waals surface area contributed by atoms with Crippen LogP contribution in [0.15, 0.2) is 35.5 Å². The van der Waals surface area contributed by atoms with Gasteiger partial charge in [-0.25, -0.2) is 0 Å². The van der Waals surface area contributed by atoms with Gasteiger partial charge >= 0.3 is 0 Å². The summed E-state index contributed by atoms with van der Waals surface area (Å²) in [6.07, 6.45) is 10.1. The lowest BCUT2D eigenvalue weighted by Crippen LogP contribution is -2.19. The molecule has 0 radical (unpaired) electrons. The van der Waals surface area contributed by atoms with Gasteiger partial charge in [0.2, 0.25) is 0 Å². The van der Waals surface area contributed by atoms with Crippen molar-refractivity contribution >= 4 is 0 Å². The van der Waals surface area contributed by atoms with Crippen LogP contribution in [0.1, 0.15) is 6.42 Å². The molecule has 11 heavy (non-hydrogen) atoms. The zero-order valence-electron chi connectivity index (χ0n) is 6.29. The van der Waals surface area contributed by atoms with E-state index in [0.717, 1.165) is 12.5 Å². The number of fused-ring (bicyclic) bond motifs is 2. The van der Waals surface area contributed by atoms with Crippen molar-refractivity contribution in [3.63, 3.8) is 0 Å². The Morgan fingerprint density at radius 1 is 1.36 bits per heavy atom. The molecule has 0 spiro atoms. The molecule has 1 heterocycles. The Morgan fingerprint density at radius 2 is 2.36 bits per heavy atom. The van der Waals surface area contributed by atoms with Crippen LogP contribution in [0.5, 0.6) is 0 Å². The van der Waals surface area contributed by atoms with E-state index in [1.165, 1.54) is 12.0 Å². The Morgan fingerprint density at radius 3 is 3.36 bits per heavy atom. The van der Waals surface area contributed by atoms with Crippen LogP contribution in [0.3, 0.4) is 0 Å². The van der Waals surface area contributed by atoms with Crippen LogP contribution in [-0.4, -0.2) is 12.7 Å². The molecule has 3 aliphatic rings. The van der Waals surface area contributed by atoms with E-state index in [9.17, 15) is 0 Å². The van der Waals surface area contributed by atoms with Crippen LogP contribution in [0, 0.1) is 5.92 Å². The fourth-order valence-corrected chi connectivity index (χ4v) is 1.90. The van der Waals surface area contributed by atoms with Crippen molar-refractivity contribution in [2.45, 2.75) is 12.5 Å². The first-order chi connectivity index (χ1) is 5.45. The average Bonchev–Trinajstić information content (AvgIpc) is 2.83. The van der Waals surface area contributed by atoms with Gasteiger partial charge in [0.25, 0.3) is 0 Å². The maximum Gasteiger partial charge on any atom is 0.101 e. The van der Waals surface area contributed by atoms with E-state index in [2.05, 4.69) is 24.3 Å². The third-order valence-corrected chi connectivity index (χ3v) is 2.63. The standard InChI is InChI=1S/C10H10O/c1-2-4-10-8(3-1)9-5-7(9)6-11-10/h1-4,7,10H,5-6H2. The van der Waals surface area contributed by atoms with Crippen LogP contribution in [0.25, 0.3) is 0 Å². The SMILES string of the molecule is C1=CC2=C3CC3COC2C=C1. The predicted octanol–water partition coefficient (Wildman–Crippen LogP) is 1.83. The fourth-order valence-electron chi connectivity index (χ4n) is 1.90. The van der Waals surface area contributed by atoms with Crippen molar-refractivity contribution in [1.82, 2.24) is 0 Å². The largest absolute Gasteiger partial charge is 0.369 e. The molecule has 1 fully saturated rings. The molecule has 0 saturated heterocycles. The highest BCUT2D eigenvalue weighted by molar-refractivity contribution is 5.46. The molecule has 3 rings (SSSR count). The van der Waals surface area contributed by atoms with Crippen molar-refractivity contribution < 1.29 is 4.74 Å². The van der Waals surface area contributed by atoms with E-state index in [1.54, 1.807) is 5.57 Å². The van der Waals surface area contributed by atoms with Gasteiger partial charge < -0.3 is 4.74 Å². The highest BCUT2D eigenvalue weighted by atomic mass is 16.5. The van der Waals surface area contributed by atoms with Gasteiger partial charge in [0.1, 0.15) is 6.10 Å². The van der Waals surface area contributed by atoms with Crippen LogP contribution in [0.2, 0.25) is 0 Å². The summed E-state index contributed by atoms with van der Waals surface area (Å²) in [6, 6.07) is 0. The Bertz CT molecular complexity index is 283. The molecule has 0 aromatic heterocycles. The van der Waals surface area contributed by atoms with Gasteiger partial charge in [-0.05, 0) is 12.0 Å². The zero-order valence-corrected chi connectivity index (χ0v) is 6.29. The summed E-state index contributed by atoms with van der Waals surface area (Å²) in [4.78, 5) is 0. The van der Waals surface area contributed by atoms with Crippen LogP contribution >= 0.6 is 0 Å². The van der Waals surface area contributed by atoms with Gasteiger partial charge in [-0.2, -0.15) is 0 Å². The molecule has 0 aromatic rings. The van der Waals surface area contributed by atoms with Crippen LogP contribution in [0.4, 0.5) is 0 Å². The van der Waals surface area contributed by atoms with Crippen molar-refractivity contribution in [2.24, 2.45) is 5.92 Å². The van der Waals surface area contributed by atoms with E-state index in [4.69, 9.17) is 4.74 Å². The number of rotatable bonds is 0. The summed E-state index contributed by atoms with van der Waals surface area (Å²) in [7, 11) is 0. The average molecular weight is 146 g/mol. The minimum atomic E-state index is 0.286. The van der Waals surface area contributed by atoms with E-state index in [1.807, 2.05) is 0 Å². The molecule has 0 N–H and O–H groups in total. The lowest BCUT2D eigenvalue weighted by molar-refractivity contribution is 0.0946. The maximum absolute atomic E-state index is 5.64. The maximum atomic E-state index is 5.64. The second-order valence-corrected chi connectivity index (χ2v) is 3.38. The van der Waals surface area contributed by atoms with Gasteiger partial charge in [-0.1, -0.05) is 29.9 Å². The molecule has 1 aliphatic heterocycles. The summed E-state index contributed by atoms with van der Waals surface area (Å²) in [5, 5.41) is 0. The van der Waals surface area contributed by atoms with Gasteiger partial charge in [-0.3, -0.25) is 0 Å². The van der Waals surface area contributed by atoms with Crippen molar-refractivity contribution in [3.8, 4) is 0 Å². The molecule has 1 heteroatoms. The third kappa shape index (κ3) is 0.746. The Labute approximate surface area is 66.1 Å². The summed E-state index contributed by atoms with van der Waals surface area (Å²) in [5.74, 6) is 0.775. The van der Waals surface area contributed by atoms with Gasteiger partial charge in [-0.15, -0.1) is 0 Å². The molecule has 2 atom stereocenters. The second-order valence-electron chi connectivity index (χ2n) is 3.38. The van der Waals surface area contributed by atoms with Crippen molar-refractivity contribution in [1.29, 1.82) is 0 Å². The summed E-state index contributed by atoms with van der Waals surface area (Å²) < 4.78 is 5.64. The Balaban J connectivity index is 2.08. The predicted molar refractivity (Wildman–Crippen MR) is 43.2 cm³/mol. The van der Waals surface area contributed by atoms with Crippen LogP contribution < -0.4 is 0 Å². The normalized spacial score (nSPS) is 38.5. The van der Waals surface area contributed by atoms with E-state index in [-0.39, 0.29) is 6.10 Å². The van der Waals surface area contributed by atoms with Crippen LogP contribution in [-0.2, 0) is 4.74 Å². The summed E-state index contributed by atoms with van der Waals surface area (Å²) in [6.45, 7) is 0.946. The van der Waals surface area contributed by atoms with E-state index in [0.29, 0.717) is 0 Å². The second kappa shape index (κ2) is 1.86. The first-order valence-corrected chi connectivity index (χ1v) is 4.14. The first kappa shape index (κ1) is 5.78. The lowest BCUT2D eigenvalue weighted by Gasteiger charge is -2.21.